The van der Waals surface area contributed by atoms with Crippen molar-refractivity contribution in [2.24, 2.45) is 10.8 Å². The third-order valence-electron chi connectivity index (χ3n) is 4.01. The van der Waals surface area contributed by atoms with Crippen molar-refractivity contribution in [3.8, 4) is 0 Å². The Labute approximate surface area is 186 Å². The van der Waals surface area contributed by atoms with Gasteiger partial charge in [0.25, 0.3) is 0 Å². The summed E-state index contributed by atoms with van der Waals surface area (Å²) >= 11 is 0. The molecule has 196 valence electrons. The molecule has 0 amide bonds. The Kier molecular flexibility index (Phi) is 24.6. The van der Waals surface area contributed by atoms with Crippen LogP contribution in [0.15, 0.2) is 0 Å². The lowest BCUT2D eigenvalue weighted by Crippen LogP contribution is -2.24. The van der Waals surface area contributed by atoms with Crippen molar-refractivity contribution in [3.05, 3.63) is 0 Å². The van der Waals surface area contributed by atoms with Crippen LogP contribution in [0.5, 0.6) is 0 Å². The molecule has 31 heavy (non-hydrogen) atoms. The van der Waals surface area contributed by atoms with Crippen LogP contribution in [0.25, 0.3) is 0 Å². The Balaban J connectivity index is -0.000000563. The molecule has 0 aliphatic rings. The number of hydrogen-bond donors (Lipinski definition) is 4. The van der Waals surface area contributed by atoms with Crippen LogP contribution < -0.4 is 44.2 Å². The van der Waals surface area contributed by atoms with E-state index in [4.69, 9.17) is 4.74 Å². The zero-order chi connectivity index (χ0) is 21.2. The van der Waals surface area contributed by atoms with Crippen molar-refractivity contribution >= 4 is 15.6 Å². The topological polar surface area (TPSA) is 300 Å². The van der Waals surface area contributed by atoms with Gasteiger partial charge in [-0.05, 0) is 36.5 Å². The molecular formula is C16H48N4O9P2. The first-order valence-corrected chi connectivity index (χ1v) is 12.0. The molecule has 0 aromatic heterocycles. The van der Waals surface area contributed by atoms with Crippen molar-refractivity contribution in [1.82, 2.24) is 24.6 Å². The molecule has 15 heteroatoms. The molecule has 0 aliphatic heterocycles. The summed E-state index contributed by atoms with van der Waals surface area (Å²) in [5.74, 6) is 0. The van der Waals surface area contributed by atoms with Gasteiger partial charge in [-0.25, -0.2) is 0 Å². The minimum atomic E-state index is -4.93. The largest absolute Gasteiger partial charge is 0.790 e. The second-order valence-electron chi connectivity index (χ2n) is 8.30. The summed E-state index contributed by atoms with van der Waals surface area (Å²) in [4.78, 5) is 42.0. The summed E-state index contributed by atoms with van der Waals surface area (Å²) in [6.07, 6.45) is 4.72. The Bertz CT molecular complexity index is 469. The molecule has 0 heterocycles. The van der Waals surface area contributed by atoms with Gasteiger partial charge >= 0.3 is 0 Å². The van der Waals surface area contributed by atoms with Gasteiger partial charge < -0.3 is 67.1 Å². The van der Waals surface area contributed by atoms with Gasteiger partial charge in [-0.3, -0.25) is 0 Å². The molecule has 0 atom stereocenters. The van der Waals surface area contributed by atoms with E-state index in [9.17, 15) is 28.7 Å². The summed E-state index contributed by atoms with van der Waals surface area (Å²) < 4.78 is 35.2. The highest BCUT2D eigenvalue weighted by Crippen LogP contribution is 2.33. The molecule has 0 saturated heterocycles. The van der Waals surface area contributed by atoms with E-state index in [1.807, 2.05) is 27.7 Å². The SMILES string of the molecule is CC(C)(CCCCOCCCCC(C)(C)COP(=O)([O-])[O-])COP(=O)([O-])[O-].[NH4+].[NH4+].[NH4+].[NH4+]. The first-order chi connectivity index (χ1) is 12.1. The second kappa shape index (κ2) is 18.4. The van der Waals surface area contributed by atoms with E-state index < -0.39 is 26.5 Å². The number of hydrogen-bond acceptors (Lipinski definition) is 9. The van der Waals surface area contributed by atoms with Crippen LogP contribution in [0.2, 0.25) is 0 Å². The van der Waals surface area contributed by atoms with E-state index in [1.54, 1.807) is 0 Å². The average molecular weight is 503 g/mol. The van der Waals surface area contributed by atoms with E-state index in [0.29, 0.717) is 26.1 Å². The molecule has 0 rings (SSSR count). The molecule has 0 fully saturated rings. The molecule has 0 saturated carbocycles. The predicted molar refractivity (Wildman–Crippen MR) is 117 cm³/mol. The summed E-state index contributed by atoms with van der Waals surface area (Å²) in [6.45, 7) is 8.29. The number of unbranched alkanes of at least 4 members (excludes halogenated alkanes) is 2. The standard InChI is InChI=1S/C16H36O9P2.4H3N/c1-15(2,13-24-26(17,18)19)9-5-7-11-23-12-8-6-10-16(3,4)14-25-27(20,21)22;;;;/h5-14H2,1-4H3,(H2,17,18,19)(H2,20,21,22);4*1H3. The first-order valence-electron chi connectivity index (χ1n) is 9.03. The zero-order valence-electron chi connectivity index (χ0n) is 20.6. The molecule has 0 bridgehead atoms. The van der Waals surface area contributed by atoms with Gasteiger partial charge in [0.2, 0.25) is 0 Å². The fourth-order valence-electron chi connectivity index (χ4n) is 2.37. The van der Waals surface area contributed by atoms with Crippen LogP contribution in [0.1, 0.15) is 66.2 Å². The van der Waals surface area contributed by atoms with Gasteiger partial charge in [-0.15, -0.1) is 0 Å². The van der Waals surface area contributed by atoms with Gasteiger partial charge in [-0.1, -0.05) is 40.5 Å². The molecule has 0 aliphatic carbocycles. The lowest BCUT2D eigenvalue weighted by atomic mass is 9.88. The van der Waals surface area contributed by atoms with E-state index in [2.05, 4.69) is 9.05 Å². The maximum absolute atomic E-state index is 10.5. The van der Waals surface area contributed by atoms with Gasteiger partial charge in [0.1, 0.15) is 0 Å². The smallest absolute Gasteiger partial charge is 0.0596 e. The third-order valence-corrected chi connectivity index (χ3v) is 4.90. The lowest BCUT2D eigenvalue weighted by molar-refractivity contribution is -0.345. The summed E-state index contributed by atoms with van der Waals surface area (Å²) in [5, 5.41) is 0. The minimum Gasteiger partial charge on any atom is -0.790 e. The number of ether oxygens (including phenoxy) is 1. The zero-order valence-corrected chi connectivity index (χ0v) is 22.4. The van der Waals surface area contributed by atoms with E-state index in [0.717, 1.165) is 25.7 Å². The number of phosphoric acid groups is 2. The van der Waals surface area contributed by atoms with E-state index >= 15 is 0 Å². The van der Waals surface area contributed by atoms with Crippen LogP contribution in [0.4, 0.5) is 0 Å². The Morgan fingerprint density at radius 2 is 0.903 bits per heavy atom. The summed E-state index contributed by atoms with van der Waals surface area (Å²) in [6, 6.07) is 0. The molecule has 0 aromatic rings. The van der Waals surface area contributed by atoms with Crippen LogP contribution in [0, 0.1) is 10.8 Å². The number of quaternary nitrogens is 4. The van der Waals surface area contributed by atoms with Crippen molar-refractivity contribution in [2.45, 2.75) is 66.2 Å². The summed E-state index contributed by atoms with van der Waals surface area (Å²) in [7, 11) is -9.85. The Morgan fingerprint density at radius 3 is 1.16 bits per heavy atom. The second-order valence-corrected chi connectivity index (χ2v) is 10.6. The normalized spacial score (nSPS) is 12.1. The van der Waals surface area contributed by atoms with Crippen molar-refractivity contribution in [1.29, 1.82) is 0 Å². The molecular weight excluding hydrogens is 454 g/mol. The minimum absolute atomic E-state index is 0. The average Bonchev–Trinajstić information content (AvgIpc) is 2.48. The number of phosphoric ester groups is 2. The highest BCUT2D eigenvalue weighted by atomic mass is 31.2. The lowest BCUT2D eigenvalue weighted by Gasteiger charge is -2.34. The van der Waals surface area contributed by atoms with Crippen LogP contribution in [-0.4, -0.2) is 26.4 Å². The summed E-state index contributed by atoms with van der Waals surface area (Å²) in [5.41, 5.74) is -0.785. The van der Waals surface area contributed by atoms with Crippen molar-refractivity contribution in [2.75, 3.05) is 26.4 Å². The molecule has 0 unspecified atom stereocenters. The maximum Gasteiger partial charge on any atom is 0.0596 e. The highest BCUT2D eigenvalue weighted by molar-refractivity contribution is 7.43. The molecule has 0 radical (unpaired) electrons. The third kappa shape index (κ3) is 30.0. The fraction of sp³-hybridized carbons (Fsp3) is 1.00. The van der Waals surface area contributed by atoms with Crippen LogP contribution in [-0.2, 0) is 22.9 Å². The predicted octanol–water partition coefficient (Wildman–Crippen LogP) is 2.59. The molecule has 0 aromatic carbocycles. The quantitative estimate of drug-likeness (QED) is 0.178. The number of rotatable bonds is 16. The van der Waals surface area contributed by atoms with Gasteiger partial charge in [-0.2, -0.15) is 0 Å². The monoisotopic (exact) mass is 502 g/mol. The Hall–Kier alpha value is 0.0200. The van der Waals surface area contributed by atoms with Crippen LogP contribution >= 0.6 is 15.6 Å². The molecule has 16 N–H and O–H groups in total. The van der Waals surface area contributed by atoms with Crippen molar-refractivity contribution < 1.29 is 42.5 Å². The van der Waals surface area contributed by atoms with Gasteiger partial charge in [0.05, 0.1) is 28.9 Å². The van der Waals surface area contributed by atoms with E-state index in [1.165, 1.54) is 0 Å². The molecule has 13 nitrogen and oxygen atoms in total. The molecule has 0 spiro atoms. The Morgan fingerprint density at radius 1 is 0.613 bits per heavy atom. The van der Waals surface area contributed by atoms with E-state index in [-0.39, 0.29) is 37.8 Å². The van der Waals surface area contributed by atoms with Gasteiger partial charge in [0, 0.05) is 13.2 Å². The van der Waals surface area contributed by atoms with Crippen LogP contribution in [0.3, 0.4) is 0 Å². The first kappa shape index (κ1) is 41.3. The fourth-order valence-corrected chi connectivity index (χ4v) is 3.38. The maximum atomic E-state index is 10.5. The highest BCUT2D eigenvalue weighted by Gasteiger charge is 2.19. The van der Waals surface area contributed by atoms with Crippen molar-refractivity contribution in [3.63, 3.8) is 0 Å². The van der Waals surface area contributed by atoms with Gasteiger partial charge in [0.15, 0.2) is 0 Å².